The molecule has 0 saturated carbocycles. The Balaban J connectivity index is 2.13. The molecule has 0 aromatic heterocycles. The van der Waals surface area contributed by atoms with E-state index in [0.29, 0.717) is 0 Å². The van der Waals surface area contributed by atoms with Crippen LogP contribution in [0.5, 0.6) is 0 Å². The fourth-order valence-corrected chi connectivity index (χ4v) is 2.50. The molecule has 2 atom stereocenters. The predicted octanol–water partition coefficient (Wildman–Crippen LogP) is -0.499. The Hall–Kier alpha value is -0.610. The second-order valence-electron chi connectivity index (χ2n) is 3.95. The summed E-state index contributed by atoms with van der Waals surface area (Å²) in [6.07, 6.45) is 2.17. The monoisotopic (exact) mass is 184 g/mol. The summed E-state index contributed by atoms with van der Waals surface area (Å²) in [4.78, 5) is 11.5. The summed E-state index contributed by atoms with van der Waals surface area (Å²) in [5.41, 5.74) is 0.132. The maximum absolute atomic E-state index is 11.5. The molecule has 1 spiro atoms. The van der Waals surface area contributed by atoms with Gasteiger partial charge in [-0.3, -0.25) is 4.79 Å². The standard InChI is InChI=1S/C9H16N2O2/c1-13-8(12)7-9(3-5-11-7)2-4-10-6-9/h7,10-11H,2-6H2,1H3. The maximum atomic E-state index is 11.5. The van der Waals surface area contributed by atoms with Crippen molar-refractivity contribution in [2.24, 2.45) is 5.41 Å². The van der Waals surface area contributed by atoms with Crippen molar-refractivity contribution in [1.29, 1.82) is 0 Å². The molecule has 2 saturated heterocycles. The van der Waals surface area contributed by atoms with Crippen LogP contribution in [0.4, 0.5) is 0 Å². The van der Waals surface area contributed by atoms with Gasteiger partial charge in [-0.1, -0.05) is 0 Å². The van der Waals surface area contributed by atoms with Gasteiger partial charge in [0, 0.05) is 12.0 Å². The van der Waals surface area contributed by atoms with Crippen LogP contribution in [0.2, 0.25) is 0 Å². The van der Waals surface area contributed by atoms with Gasteiger partial charge in [-0.15, -0.1) is 0 Å². The Morgan fingerprint density at radius 2 is 2.23 bits per heavy atom. The zero-order valence-corrected chi connectivity index (χ0v) is 7.93. The Morgan fingerprint density at radius 3 is 2.85 bits per heavy atom. The number of nitrogens with one attached hydrogen (secondary N) is 2. The second kappa shape index (κ2) is 3.27. The number of carbonyl (C=O) groups excluding carboxylic acids is 1. The van der Waals surface area contributed by atoms with Gasteiger partial charge < -0.3 is 15.4 Å². The van der Waals surface area contributed by atoms with E-state index in [9.17, 15) is 4.79 Å². The fraction of sp³-hybridized carbons (Fsp3) is 0.889. The maximum Gasteiger partial charge on any atom is 0.323 e. The molecule has 13 heavy (non-hydrogen) atoms. The molecule has 0 aliphatic carbocycles. The lowest BCUT2D eigenvalue weighted by Crippen LogP contribution is -2.45. The molecule has 2 heterocycles. The minimum atomic E-state index is -0.110. The first-order valence-corrected chi connectivity index (χ1v) is 4.80. The van der Waals surface area contributed by atoms with Gasteiger partial charge in [0.25, 0.3) is 0 Å². The summed E-state index contributed by atoms with van der Waals surface area (Å²) in [6, 6.07) is -0.0903. The van der Waals surface area contributed by atoms with E-state index in [1.54, 1.807) is 0 Å². The minimum Gasteiger partial charge on any atom is -0.468 e. The van der Waals surface area contributed by atoms with E-state index in [0.717, 1.165) is 32.5 Å². The Labute approximate surface area is 78.0 Å². The van der Waals surface area contributed by atoms with Crippen LogP contribution in [-0.4, -0.2) is 38.8 Å². The number of esters is 1. The van der Waals surface area contributed by atoms with Crippen molar-refractivity contribution in [2.45, 2.75) is 18.9 Å². The van der Waals surface area contributed by atoms with Gasteiger partial charge in [0.2, 0.25) is 0 Å². The summed E-state index contributed by atoms with van der Waals surface area (Å²) >= 11 is 0. The third-order valence-corrected chi connectivity index (χ3v) is 3.30. The number of rotatable bonds is 1. The number of methoxy groups -OCH3 is 1. The molecule has 74 valence electrons. The van der Waals surface area contributed by atoms with Gasteiger partial charge in [-0.2, -0.15) is 0 Å². The van der Waals surface area contributed by atoms with Crippen molar-refractivity contribution in [2.75, 3.05) is 26.7 Å². The van der Waals surface area contributed by atoms with E-state index < -0.39 is 0 Å². The highest BCUT2D eigenvalue weighted by Gasteiger charge is 2.48. The summed E-state index contributed by atoms with van der Waals surface area (Å²) < 4.78 is 4.79. The molecule has 2 N–H and O–H groups in total. The summed E-state index contributed by atoms with van der Waals surface area (Å²) in [5, 5.41) is 6.54. The lowest BCUT2D eigenvalue weighted by Gasteiger charge is -2.27. The molecule has 2 aliphatic heterocycles. The Bertz CT molecular complexity index is 206. The van der Waals surface area contributed by atoms with Crippen LogP contribution in [0, 0.1) is 5.41 Å². The summed E-state index contributed by atoms with van der Waals surface area (Å²) in [7, 11) is 1.46. The average molecular weight is 184 g/mol. The zero-order chi connectivity index (χ0) is 9.31. The van der Waals surface area contributed by atoms with Crippen LogP contribution < -0.4 is 10.6 Å². The fourth-order valence-electron chi connectivity index (χ4n) is 2.50. The first-order chi connectivity index (χ1) is 6.28. The molecule has 2 unspecified atom stereocenters. The van der Waals surface area contributed by atoms with E-state index >= 15 is 0 Å². The highest BCUT2D eigenvalue weighted by atomic mass is 16.5. The number of carbonyl (C=O) groups is 1. The Kier molecular flexibility index (Phi) is 2.26. The molecule has 0 radical (unpaired) electrons. The van der Waals surface area contributed by atoms with Crippen molar-refractivity contribution in [3.8, 4) is 0 Å². The third-order valence-electron chi connectivity index (χ3n) is 3.30. The first-order valence-electron chi connectivity index (χ1n) is 4.80. The van der Waals surface area contributed by atoms with E-state index in [-0.39, 0.29) is 17.4 Å². The summed E-state index contributed by atoms with van der Waals surface area (Å²) in [6.45, 7) is 2.90. The van der Waals surface area contributed by atoms with Crippen molar-refractivity contribution < 1.29 is 9.53 Å². The van der Waals surface area contributed by atoms with Crippen LogP contribution >= 0.6 is 0 Å². The summed E-state index contributed by atoms with van der Waals surface area (Å²) in [5.74, 6) is -0.110. The number of hydrogen-bond acceptors (Lipinski definition) is 4. The molecular weight excluding hydrogens is 168 g/mol. The van der Waals surface area contributed by atoms with E-state index in [1.807, 2.05) is 0 Å². The van der Waals surface area contributed by atoms with E-state index in [1.165, 1.54) is 7.11 Å². The molecule has 2 rings (SSSR count). The minimum absolute atomic E-state index is 0.0903. The van der Waals surface area contributed by atoms with E-state index in [4.69, 9.17) is 4.74 Å². The Morgan fingerprint density at radius 1 is 1.46 bits per heavy atom. The van der Waals surface area contributed by atoms with Crippen LogP contribution in [0.1, 0.15) is 12.8 Å². The SMILES string of the molecule is COC(=O)C1NCCC12CCNC2. The molecule has 0 bridgehead atoms. The lowest BCUT2D eigenvalue weighted by molar-refractivity contribution is -0.145. The van der Waals surface area contributed by atoms with Crippen LogP contribution in [0.25, 0.3) is 0 Å². The number of hydrogen-bond donors (Lipinski definition) is 2. The van der Waals surface area contributed by atoms with Gasteiger partial charge in [0.05, 0.1) is 7.11 Å². The van der Waals surface area contributed by atoms with Gasteiger partial charge in [-0.05, 0) is 25.9 Å². The zero-order valence-electron chi connectivity index (χ0n) is 7.93. The van der Waals surface area contributed by atoms with Gasteiger partial charge >= 0.3 is 5.97 Å². The van der Waals surface area contributed by atoms with Crippen molar-refractivity contribution in [3.63, 3.8) is 0 Å². The highest BCUT2D eigenvalue weighted by molar-refractivity contribution is 5.77. The smallest absolute Gasteiger partial charge is 0.323 e. The first kappa shape index (κ1) is 8.97. The predicted molar refractivity (Wildman–Crippen MR) is 48.3 cm³/mol. The largest absolute Gasteiger partial charge is 0.468 e. The molecule has 0 aromatic rings. The van der Waals surface area contributed by atoms with Crippen LogP contribution in [0.15, 0.2) is 0 Å². The molecule has 4 nitrogen and oxygen atoms in total. The third kappa shape index (κ3) is 1.34. The highest BCUT2D eigenvalue weighted by Crippen LogP contribution is 2.37. The van der Waals surface area contributed by atoms with E-state index in [2.05, 4.69) is 10.6 Å². The molecule has 4 heteroatoms. The van der Waals surface area contributed by atoms with Crippen LogP contribution in [-0.2, 0) is 9.53 Å². The molecule has 2 aliphatic rings. The second-order valence-corrected chi connectivity index (χ2v) is 3.95. The topological polar surface area (TPSA) is 50.4 Å². The van der Waals surface area contributed by atoms with Crippen molar-refractivity contribution in [3.05, 3.63) is 0 Å². The lowest BCUT2D eigenvalue weighted by atomic mass is 9.80. The van der Waals surface area contributed by atoms with Gasteiger partial charge in [0.1, 0.15) is 6.04 Å². The van der Waals surface area contributed by atoms with Gasteiger partial charge in [0.15, 0.2) is 0 Å². The number of ether oxygens (including phenoxy) is 1. The quantitative estimate of drug-likeness (QED) is 0.539. The molecular formula is C9H16N2O2. The van der Waals surface area contributed by atoms with Crippen molar-refractivity contribution in [1.82, 2.24) is 10.6 Å². The van der Waals surface area contributed by atoms with Gasteiger partial charge in [-0.25, -0.2) is 0 Å². The average Bonchev–Trinajstić information content (AvgIpc) is 2.76. The molecule has 0 aromatic carbocycles. The van der Waals surface area contributed by atoms with Crippen LogP contribution in [0.3, 0.4) is 0 Å². The normalized spacial score (nSPS) is 38.4. The van der Waals surface area contributed by atoms with Crippen molar-refractivity contribution >= 4 is 5.97 Å². The molecule has 2 fully saturated rings. The molecule has 0 amide bonds.